The summed E-state index contributed by atoms with van der Waals surface area (Å²) in [4.78, 5) is 37.2. The number of likely N-dealkylation sites (N-methyl/N-ethyl adjacent to an activating group) is 1. The zero-order chi connectivity index (χ0) is 50.6. The van der Waals surface area contributed by atoms with E-state index in [0.717, 1.165) is 57.8 Å². The highest BCUT2D eigenvalue weighted by molar-refractivity contribution is 5.70. The first-order valence-electron chi connectivity index (χ1n) is 29.1. The zero-order valence-corrected chi connectivity index (χ0v) is 45.9. The normalized spacial score (nSPS) is 13.0. The zero-order valence-electron chi connectivity index (χ0n) is 45.9. The Labute approximate surface area is 426 Å². The van der Waals surface area contributed by atoms with E-state index in [1.807, 2.05) is 21.1 Å². The van der Waals surface area contributed by atoms with Crippen molar-refractivity contribution in [1.82, 2.24) is 0 Å². The average molecular weight is 975 g/mol. The smallest absolute Gasteiger partial charge is 0.306 e. The summed E-state index contributed by atoms with van der Waals surface area (Å²) in [5.74, 6) is -2.28. The molecule has 0 saturated carbocycles. The van der Waals surface area contributed by atoms with Gasteiger partial charge < -0.3 is 33.3 Å². The number of nitrogens with zero attached hydrogens (tertiary/aromatic N) is 1. The van der Waals surface area contributed by atoms with Crippen molar-refractivity contribution in [2.45, 2.75) is 283 Å². The maximum Gasteiger partial charge on any atom is 0.306 e. The monoisotopic (exact) mass is 974 g/mol. The van der Waals surface area contributed by atoms with Crippen LogP contribution in [0.5, 0.6) is 0 Å². The number of rotatable bonds is 54. The second-order valence-corrected chi connectivity index (χ2v) is 20.9. The van der Waals surface area contributed by atoms with Gasteiger partial charge in [0.05, 0.1) is 40.3 Å². The number of allylic oxidation sites excluding steroid dienone is 6. The molecule has 9 heteroatoms. The molecule has 0 amide bonds. The first kappa shape index (κ1) is 66.5. The number of carboxylic acids is 1. The molecule has 0 fully saturated rings. The molecule has 0 aromatic rings. The molecule has 0 radical (unpaired) electrons. The van der Waals surface area contributed by atoms with Crippen molar-refractivity contribution in [3.05, 3.63) is 36.5 Å². The van der Waals surface area contributed by atoms with Gasteiger partial charge in [0.25, 0.3) is 0 Å². The Morgan fingerprint density at radius 2 is 0.783 bits per heavy atom. The Hall–Kier alpha value is -2.49. The number of carbonyl (C=O) groups is 3. The van der Waals surface area contributed by atoms with Crippen molar-refractivity contribution in [2.24, 2.45) is 0 Å². The van der Waals surface area contributed by atoms with E-state index in [1.54, 1.807) is 0 Å². The van der Waals surface area contributed by atoms with Crippen LogP contribution in [0.4, 0.5) is 0 Å². The summed E-state index contributed by atoms with van der Waals surface area (Å²) in [6, 6.07) is 0. The van der Waals surface area contributed by atoms with Gasteiger partial charge in [-0.25, -0.2) is 0 Å². The fraction of sp³-hybridized carbons (Fsp3) is 0.850. The number of ether oxygens (including phenoxy) is 4. The van der Waals surface area contributed by atoms with Crippen LogP contribution in [0.3, 0.4) is 0 Å². The van der Waals surface area contributed by atoms with E-state index in [-0.39, 0.29) is 38.6 Å². The van der Waals surface area contributed by atoms with Gasteiger partial charge in [0.1, 0.15) is 13.2 Å². The van der Waals surface area contributed by atoms with Gasteiger partial charge in [-0.05, 0) is 70.6 Å². The van der Waals surface area contributed by atoms with Gasteiger partial charge in [-0.1, -0.05) is 224 Å². The quantitative estimate of drug-likeness (QED) is 0.0195. The molecule has 2 unspecified atom stereocenters. The fourth-order valence-electron chi connectivity index (χ4n) is 8.33. The van der Waals surface area contributed by atoms with Crippen LogP contribution >= 0.6 is 0 Å². The second kappa shape index (κ2) is 51.9. The van der Waals surface area contributed by atoms with Crippen molar-refractivity contribution < 1.29 is 42.9 Å². The molecule has 2 atom stereocenters. The van der Waals surface area contributed by atoms with Gasteiger partial charge in [-0.3, -0.25) is 9.59 Å². The minimum absolute atomic E-state index is 0.148. The van der Waals surface area contributed by atoms with Crippen LogP contribution in [0.2, 0.25) is 0 Å². The Morgan fingerprint density at radius 3 is 1.17 bits per heavy atom. The maximum absolute atomic E-state index is 12.8. The van der Waals surface area contributed by atoms with Crippen LogP contribution in [-0.2, 0) is 33.3 Å². The van der Waals surface area contributed by atoms with Gasteiger partial charge in [0.2, 0.25) is 0 Å². The molecule has 0 aliphatic carbocycles. The molecule has 0 N–H and O–H groups in total. The molecule has 69 heavy (non-hydrogen) atoms. The number of hydrogen-bond acceptors (Lipinski definition) is 8. The molecule has 0 spiro atoms. The Morgan fingerprint density at radius 1 is 0.435 bits per heavy atom. The Kier molecular flexibility index (Phi) is 50.0. The summed E-state index contributed by atoms with van der Waals surface area (Å²) >= 11 is 0. The van der Waals surface area contributed by atoms with Crippen LogP contribution in [-0.4, -0.2) is 82.3 Å². The number of hydrogen-bond donors (Lipinski definition) is 0. The van der Waals surface area contributed by atoms with Crippen LogP contribution in [0.15, 0.2) is 36.5 Å². The van der Waals surface area contributed by atoms with E-state index in [0.29, 0.717) is 17.4 Å². The van der Waals surface area contributed by atoms with Crippen LogP contribution in [0.1, 0.15) is 271 Å². The number of unbranched alkanes of at least 4 members (excludes halogenated alkanes) is 33. The third kappa shape index (κ3) is 53.1. The van der Waals surface area contributed by atoms with Gasteiger partial charge in [-0.2, -0.15) is 0 Å². The van der Waals surface area contributed by atoms with E-state index in [4.69, 9.17) is 18.9 Å². The molecule has 9 nitrogen and oxygen atoms in total. The molecule has 0 rings (SSSR count). The van der Waals surface area contributed by atoms with E-state index in [1.165, 1.54) is 180 Å². The van der Waals surface area contributed by atoms with Gasteiger partial charge in [0, 0.05) is 12.8 Å². The molecular formula is C60H111NO8. The van der Waals surface area contributed by atoms with E-state index in [2.05, 4.69) is 50.3 Å². The Balaban J connectivity index is 4.09. The third-order valence-corrected chi connectivity index (χ3v) is 12.9. The summed E-state index contributed by atoms with van der Waals surface area (Å²) in [6.45, 7) is 4.74. The lowest BCUT2D eigenvalue weighted by atomic mass is 10.0. The number of esters is 2. The first-order valence-corrected chi connectivity index (χ1v) is 29.1. The lowest BCUT2D eigenvalue weighted by Gasteiger charge is -2.26. The van der Waals surface area contributed by atoms with E-state index >= 15 is 0 Å². The SMILES string of the molecule is CCCCCC/C=C\CCCCCCCC(=O)OCC(COC(OCC[N+](C)(C)C)C(=O)[O-])OC(=O)CCCCCCCCCCCCCCCCCCCCC/C=C\C/C=C\CCCCCCC. The largest absolute Gasteiger partial charge is 0.545 e. The highest BCUT2D eigenvalue weighted by Gasteiger charge is 2.22. The minimum atomic E-state index is -1.62. The summed E-state index contributed by atoms with van der Waals surface area (Å²) in [5.41, 5.74) is 0. The third-order valence-electron chi connectivity index (χ3n) is 12.9. The summed E-state index contributed by atoms with van der Waals surface area (Å²) < 4.78 is 22.7. The average Bonchev–Trinajstić information content (AvgIpc) is 3.31. The summed E-state index contributed by atoms with van der Waals surface area (Å²) in [7, 11) is 5.92. The first-order chi connectivity index (χ1) is 33.6. The summed E-state index contributed by atoms with van der Waals surface area (Å²) in [6.07, 6.45) is 59.2. The van der Waals surface area contributed by atoms with Crippen LogP contribution in [0, 0.1) is 0 Å². The molecule has 0 saturated heterocycles. The van der Waals surface area contributed by atoms with Gasteiger partial charge in [0.15, 0.2) is 12.4 Å². The van der Waals surface area contributed by atoms with Gasteiger partial charge in [-0.15, -0.1) is 0 Å². The highest BCUT2D eigenvalue weighted by atomic mass is 16.7. The van der Waals surface area contributed by atoms with Crippen LogP contribution < -0.4 is 5.11 Å². The van der Waals surface area contributed by atoms with Crippen molar-refractivity contribution in [2.75, 3.05) is 47.5 Å². The molecule has 404 valence electrons. The fourth-order valence-corrected chi connectivity index (χ4v) is 8.33. The molecule has 0 aromatic carbocycles. The molecule has 0 aliphatic rings. The minimum Gasteiger partial charge on any atom is -0.545 e. The van der Waals surface area contributed by atoms with Gasteiger partial charge >= 0.3 is 11.9 Å². The predicted molar refractivity (Wildman–Crippen MR) is 288 cm³/mol. The van der Waals surface area contributed by atoms with E-state index < -0.39 is 24.3 Å². The molecular weight excluding hydrogens is 863 g/mol. The lowest BCUT2D eigenvalue weighted by molar-refractivity contribution is -0.870. The predicted octanol–water partition coefficient (Wildman–Crippen LogP) is 15.6. The van der Waals surface area contributed by atoms with E-state index in [9.17, 15) is 19.5 Å². The number of carbonyl (C=O) groups excluding carboxylic acids is 3. The molecule has 0 aromatic heterocycles. The number of aliphatic carboxylic acids is 1. The molecule has 0 aliphatic heterocycles. The topological polar surface area (TPSA) is 111 Å². The van der Waals surface area contributed by atoms with Crippen LogP contribution in [0.25, 0.3) is 0 Å². The number of quaternary nitrogens is 1. The standard InChI is InChI=1S/C60H111NO8/c1-6-8-10-12-14-16-18-20-21-22-23-24-25-26-27-28-29-30-31-32-33-34-35-36-37-39-41-43-45-47-49-51-58(63)69-56(55-68-60(59(64)65)66-53-52-61(3,4)5)54-67-57(62)50-48-46-44-42-40-38-19-17-15-13-11-9-7-2/h17-20,22-23,56,60H,6-16,21,24-55H2,1-5H3/b19-17-,20-18-,23-22-. The molecule has 0 heterocycles. The number of carboxylic acid groups (broad SMARTS) is 1. The van der Waals surface area contributed by atoms with Crippen molar-refractivity contribution in [3.8, 4) is 0 Å². The second-order valence-electron chi connectivity index (χ2n) is 20.9. The van der Waals surface area contributed by atoms with Crippen molar-refractivity contribution in [1.29, 1.82) is 0 Å². The Bertz CT molecular complexity index is 1230. The molecule has 0 bridgehead atoms. The van der Waals surface area contributed by atoms with Crippen molar-refractivity contribution in [3.63, 3.8) is 0 Å². The van der Waals surface area contributed by atoms with Crippen molar-refractivity contribution >= 4 is 17.9 Å². The summed E-state index contributed by atoms with van der Waals surface area (Å²) in [5, 5.41) is 11.7. The highest BCUT2D eigenvalue weighted by Crippen LogP contribution is 2.17. The lowest BCUT2D eigenvalue weighted by Crippen LogP contribution is -2.44. The maximum atomic E-state index is 12.8.